The van der Waals surface area contributed by atoms with E-state index in [0.717, 1.165) is 16.6 Å². The molecule has 0 unspecified atom stereocenters. The quantitative estimate of drug-likeness (QED) is 0.744. The molecule has 4 rings (SSSR count). The Morgan fingerprint density at radius 1 is 1.11 bits per heavy atom. The molecule has 2 heterocycles. The second-order valence-electron chi connectivity index (χ2n) is 6.81. The first-order chi connectivity index (χ1) is 13.5. The van der Waals surface area contributed by atoms with Crippen LogP contribution in [0, 0.1) is 0 Å². The van der Waals surface area contributed by atoms with E-state index in [1.54, 1.807) is 26.0 Å². The third-order valence-corrected chi connectivity index (χ3v) is 7.70. The SMILES string of the molecule is COc1ccc(OC)c(N2C(SCc3ccccc3)=N[C@@H]3CS(=O)(=O)C[C@H]32)c1. The van der Waals surface area contributed by atoms with Crippen LogP contribution in [0.3, 0.4) is 0 Å². The number of thioether (sulfide) groups is 1. The molecule has 8 heteroatoms. The summed E-state index contributed by atoms with van der Waals surface area (Å²) in [4.78, 5) is 6.80. The molecule has 0 radical (unpaired) electrons. The second kappa shape index (κ2) is 7.67. The van der Waals surface area contributed by atoms with Gasteiger partial charge in [-0.2, -0.15) is 0 Å². The van der Waals surface area contributed by atoms with Crippen LogP contribution in [-0.4, -0.2) is 51.4 Å². The van der Waals surface area contributed by atoms with E-state index in [1.165, 1.54) is 5.56 Å². The van der Waals surface area contributed by atoms with Gasteiger partial charge >= 0.3 is 0 Å². The van der Waals surface area contributed by atoms with E-state index in [1.807, 2.05) is 41.3 Å². The fraction of sp³-hybridized carbons (Fsp3) is 0.350. The Balaban J connectivity index is 1.70. The summed E-state index contributed by atoms with van der Waals surface area (Å²) in [7, 11) is 0.116. The summed E-state index contributed by atoms with van der Waals surface area (Å²) in [6.45, 7) is 0. The Bertz CT molecular complexity index is 993. The van der Waals surface area contributed by atoms with E-state index in [2.05, 4.69) is 12.1 Å². The minimum Gasteiger partial charge on any atom is -0.497 e. The van der Waals surface area contributed by atoms with E-state index >= 15 is 0 Å². The fourth-order valence-electron chi connectivity index (χ4n) is 3.62. The number of aliphatic imine (C=N–C) groups is 1. The molecule has 2 aromatic rings. The van der Waals surface area contributed by atoms with Crippen LogP contribution in [0.2, 0.25) is 0 Å². The number of fused-ring (bicyclic) bond motifs is 1. The van der Waals surface area contributed by atoms with Crippen molar-refractivity contribution in [2.45, 2.75) is 17.8 Å². The first-order valence-corrected chi connectivity index (χ1v) is 11.8. The summed E-state index contributed by atoms with van der Waals surface area (Å²) >= 11 is 1.61. The highest BCUT2D eigenvalue weighted by Crippen LogP contribution is 2.41. The van der Waals surface area contributed by atoms with E-state index < -0.39 is 9.84 Å². The topological polar surface area (TPSA) is 68.2 Å². The predicted molar refractivity (Wildman–Crippen MR) is 113 cm³/mol. The van der Waals surface area contributed by atoms with Crippen molar-refractivity contribution in [1.29, 1.82) is 0 Å². The van der Waals surface area contributed by atoms with Gasteiger partial charge in [-0.25, -0.2) is 8.42 Å². The number of benzene rings is 2. The van der Waals surface area contributed by atoms with Gasteiger partial charge in [0.05, 0.1) is 43.5 Å². The van der Waals surface area contributed by atoms with Gasteiger partial charge in [0, 0.05) is 11.8 Å². The lowest BCUT2D eigenvalue weighted by Gasteiger charge is -2.28. The van der Waals surface area contributed by atoms with Crippen LogP contribution in [0.25, 0.3) is 0 Å². The summed E-state index contributed by atoms with van der Waals surface area (Å²) in [5.41, 5.74) is 1.98. The van der Waals surface area contributed by atoms with Gasteiger partial charge in [0.2, 0.25) is 0 Å². The highest BCUT2D eigenvalue weighted by atomic mass is 32.2. The predicted octanol–water partition coefficient (Wildman–Crippen LogP) is 2.98. The molecular formula is C20H22N2O4S2. The number of rotatable bonds is 5. The average molecular weight is 419 g/mol. The van der Waals surface area contributed by atoms with E-state index in [-0.39, 0.29) is 23.6 Å². The first kappa shape index (κ1) is 19.1. The maximum Gasteiger partial charge on any atom is 0.164 e. The van der Waals surface area contributed by atoms with Crippen LogP contribution < -0.4 is 14.4 Å². The van der Waals surface area contributed by atoms with Crippen LogP contribution in [0.5, 0.6) is 11.5 Å². The Kier molecular flexibility index (Phi) is 5.25. The Labute approximate surface area is 169 Å². The molecule has 1 saturated heterocycles. The van der Waals surface area contributed by atoms with Crippen molar-refractivity contribution >= 4 is 32.5 Å². The Morgan fingerprint density at radius 3 is 2.61 bits per heavy atom. The molecule has 0 bridgehead atoms. The molecule has 2 aromatic carbocycles. The molecule has 2 aliphatic rings. The van der Waals surface area contributed by atoms with Crippen LogP contribution in [0.15, 0.2) is 53.5 Å². The summed E-state index contributed by atoms with van der Waals surface area (Å²) in [5, 5.41) is 0.820. The zero-order chi connectivity index (χ0) is 19.7. The van der Waals surface area contributed by atoms with E-state index in [0.29, 0.717) is 11.5 Å². The molecular weight excluding hydrogens is 396 g/mol. The number of ether oxygens (including phenoxy) is 2. The minimum atomic E-state index is -3.10. The largest absolute Gasteiger partial charge is 0.497 e. The second-order valence-corrected chi connectivity index (χ2v) is 9.90. The number of sulfone groups is 1. The van der Waals surface area contributed by atoms with Gasteiger partial charge in [-0.3, -0.25) is 4.99 Å². The van der Waals surface area contributed by atoms with Gasteiger partial charge in [0.15, 0.2) is 15.0 Å². The van der Waals surface area contributed by atoms with Gasteiger partial charge < -0.3 is 14.4 Å². The standard InChI is InChI=1S/C20H22N2O4S2/c1-25-15-8-9-19(26-2)17(10-15)22-18-13-28(23,24)12-16(18)21-20(22)27-11-14-6-4-3-5-7-14/h3-10,16,18H,11-13H2,1-2H3/t16-,18-/m1/s1. The summed E-state index contributed by atoms with van der Waals surface area (Å²) in [6, 6.07) is 15.2. The van der Waals surface area contributed by atoms with Crippen molar-refractivity contribution in [3.63, 3.8) is 0 Å². The van der Waals surface area contributed by atoms with E-state index in [4.69, 9.17) is 14.5 Å². The molecule has 148 valence electrons. The number of nitrogens with zero attached hydrogens (tertiary/aromatic N) is 2. The van der Waals surface area contributed by atoms with Crippen molar-refractivity contribution in [2.24, 2.45) is 4.99 Å². The number of methoxy groups -OCH3 is 2. The third kappa shape index (κ3) is 3.71. The number of hydrogen-bond donors (Lipinski definition) is 0. The van der Waals surface area contributed by atoms with Crippen molar-refractivity contribution < 1.29 is 17.9 Å². The molecule has 0 amide bonds. The summed E-state index contributed by atoms with van der Waals surface area (Å²) in [6.07, 6.45) is 0. The van der Waals surface area contributed by atoms with Gasteiger partial charge in [-0.15, -0.1) is 0 Å². The minimum absolute atomic E-state index is 0.0931. The van der Waals surface area contributed by atoms with Crippen molar-refractivity contribution in [1.82, 2.24) is 0 Å². The zero-order valence-corrected chi connectivity index (χ0v) is 17.4. The van der Waals surface area contributed by atoms with Gasteiger partial charge in [0.1, 0.15) is 11.5 Å². The molecule has 6 nitrogen and oxygen atoms in total. The molecule has 0 N–H and O–H groups in total. The van der Waals surface area contributed by atoms with Gasteiger partial charge in [-0.1, -0.05) is 42.1 Å². The van der Waals surface area contributed by atoms with Crippen molar-refractivity contribution in [2.75, 3.05) is 30.6 Å². The fourth-order valence-corrected chi connectivity index (χ4v) is 6.54. The molecule has 0 aromatic heterocycles. The monoisotopic (exact) mass is 418 g/mol. The van der Waals surface area contributed by atoms with Gasteiger partial charge in [-0.05, 0) is 17.7 Å². The average Bonchev–Trinajstić information content (AvgIpc) is 3.17. The van der Waals surface area contributed by atoms with E-state index in [9.17, 15) is 8.42 Å². The van der Waals surface area contributed by atoms with Crippen LogP contribution >= 0.6 is 11.8 Å². The number of anilines is 1. The molecule has 2 atom stereocenters. The molecule has 1 fully saturated rings. The highest BCUT2D eigenvalue weighted by Gasteiger charge is 2.47. The smallest absolute Gasteiger partial charge is 0.164 e. The molecule has 2 aliphatic heterocycles. The lowest BCUT2D eigenvalue weighted by Crippen LogP contribution is -2.39. The van der Waals surface area contributed by atoms with Crippen LogP contribution in [-0.2, 0) is 15.6 Å². The lowest BCUT2D eigenvalue weighted by atomic mass is 10.1. The maximum absolute atomic E-state index is 12.2. The lowest BCUT2D eigenvalue weighted by molar-refractivity contribution is 0.403. The van der Waals surface area contributed by atoms with Crippen molar-refractivity contribution in [3.8, 4) is 11.5 Å². The maximum atomic E-state index is 12.2. The molecule has 28 heavy (non-hydrogen) atoms. The normalized spacial score (nSPS) is 22.6. The van der Waals surface area contributed by atoms with Crippen molar-refractivity contribution in [3.05, 3.63) is 54.1 Å². The number of amidine groups is 1. The molecule has 0 aliphatic carbocycles. The number of hydrogen-bond acceptors (Lipinski definition) is 7. The third-order valence-electron chi connectivity index (χ3n) is 4.96. The van der Waals surface area contributed by atoms with Gasteiger partial charge in [0.25, 0.3) is 0 Å². The zero-order valence-electron chi connectivity index (χ0n) is 15.7. The first-order valence-electron chi connectivity index (χ1n) is 8.97. The Hall–Kier alpha value is -2.19. The highest BCUT2D eigenvalue weighted by molar-refractivity contribution is 8.13. The molecule has 0 spiro atoms. The van der Waals surface area contributed by atoms with Crippen LogP contribution in [0.4, 0.5) is 5.69 Å². The summed E-state index contributed by atoms with van der Waals surface area (Å²) < 4.78 is 35.4. The summed E-state index contributed by atoms with van der Waals surface area (Å²) in [5.74, 6) is 2.30. The van der Waals surface area contributed by atoms with Crippen LogP contribution in [0.1, 0.15) is 5.56 Å². The Morgan fingerprint density at radius 2 is 1.89 bits per heavy atom. The molecule has 0 saturated carbocycles.